The lowest BCUT2D eigenvalue weighted by Gasteiger charge is -2.71. The molecule has 10 atom stereocenters. The summed E-state index contributed by atoms with van der Waals surface area (Å²) in [5.74, 6) is 1.44. The highest BCUT2D eigenvalue weighted by atomic mass is 16.3. The molecule has 4 saturated carbocycles. The van der Waals surface area contributed by atoms with Gasteiger partial charge in [0.2, 0.25) is 0 Å². The van der Waals surface area contributed by atoms with Crippen molar-refractivity contribution in [3.8, 4) is 0 Å². The highest BCUT2D eigenvalue weighted by molar-refractivity contribution is 5.34. The maximum absolute atomic E-state index is 11.3. The van der Waals surface area contributed by atoms with Crippen LogP contribution in [0.4, 0.5) is 0 Å². The Bertz CT molecular complexity index is 847. The van der Waals surface area contributed by atoms with Gasteiger partial charge < -0.3 is 15.3 Å². The van der Waals surface area contributed by atoms with Crippen molar-refractivity contribution in [3.63, 3.8) is 0 Å². The molecule has 3 nitrogen and oxygen atoms in total. The smallest absolute Gasteiger partial charge is 0.0618 e. The van der Waals surface area contributed by atoms with Crippen molar-refractivity contribution < 1.29 is 15.3 Å². The van der Waals surface area contributed by atoms with Gasteiger partial charge in [0.25, 0.3) is 0 Å². The van der Waals surface area contributed by atoms with Gasteiger partial charge in [-0.25, -0.2) is 0 Å². The minimum atomic E-state index is -0.392. The fourth-order valence-corrected chi connectivity index (χ4v) is 10.7. The van der Waals surface area contributed by atoms with Crippen LogP contribution in [-0.2, 0) is 0 Å². The third-order valence-electron chi connectivity index (χ3n) is 13.2. The number of allylic oxidation sites excluding steroid dienone is 2. The van der Waals surface area contributed by atoms with Gasteiger partial charge >= 0.3 is 0 Å². The second-order valence-corrected chi connectivity index (χ2v) is 15.2. The minimum absolute atomic E-state index is 0.00950. The van der Waals surface area contributed by atoms with E-state index in [-0.39, 0.29) is 45.2 Å². The number of aliphatic hydroxyl groups is 3. The molecule has 3 heteroatoms. The topological polar surface area (TPSA) is 60.7 Å². The molecular weight excluding hydrogens is 408 g/mol. The van der Waals surface area contributed by atoms with Crippen LogP contribution < -0.4 is 0 Å². The molecule has 3 N–H and O–H groups in total. The molecule has 0 unspecified atom stereocenters. The first-order chi connectivity index (χ1) is 15.2. The number of hydrogen-bond donors (Lipinski definition) is 3. The zero-order chi connectivity index (χ0) is 24.2. The van der Waals surface area contributed by atoms with Gasteiger partial charge in [-0.05, 0) is 97.2 Å². The van der Waals surface area contributed by atoms with Crippen molar-refractivity contribution >= 4 is 0 Å². The van der Waals surface area contributed by atoms with Crippen molar-refractivity contribution in [1.29, 1.82) is 0 Å². The largest absolute Gasteiger partial charge is 0.396 e. The molecule has 0 spiro atoms. The molecule has 0 radical (unpaired) electrons. The molecule has 0 aliphatic heterocycles. The summed E-state index contributed by atoms with van der Waals surface area (Å²) in [5, 5.41) is 32.6. The molecular formula is C30H50O3. The van der Waals surface area contributed by atoms with Crippen LogP contribution in [0.2, 0.25) is 0 Å². The Morgan fingerprint density at radius 3 is 2.15 bits per heavy atom. The summed E-state index contributed by atoms with van der Waals surface area (Å²) < 4.78 is 0. The average molecular weight is 459 g/mol. The zero-order valence-electron chi connectivity index (χ0n) is 22.4. The third-order valence-corrected chi connectivity index (χ3v) is 13.2. The zero-order valence-corrected chi connectivity index (χ0v) is 22.4. The van der Waals surface area contributed by atoms with E-state index < -0.39 is 6.10 Å². The molecule has 0 amide bonds. The summed E-state index contributed by atoms with van der Waals surface area (Å²) in [5.41, 5.74) is 2.04. The van der Waals surface area contributed by atoms with E-state index in [1.807, 2.05) is 0 Å². The van der Waals surface area contributed by atoms with Gasteiger partial charge in [0.05, 0.1) is 18.8 Å². The van der Waals surface area contributed by atoms with E-state index in [1.165, 1.54) is 19.3 Å². The Labute approximate surface area is 202 Å². The predicted octanol–water partition coefficient (Wildman–Crippen LogP) is 6.11. The number of hydrogen-bond acceptors (Lipinski definition) is 3. The van der Waals surface area contributed by atoms with Gasteiger partial charge in [0, 0.05) is 10.8 Å². The van der Waals surface area contributed by atoms with E-state index in [1.54, 1.807) is 5.57 Å². The van der Waals surface area contributed by atoms with Crippen LogP contribution in [0.5, 0.6) is 0 Å². The molecule has 0 aromatic heterocycles. The van der Waals surface area contributed by atoms with E-state index in [4.69, 9.17) is 0 Å². The molecule has 33 heavy (non-hydrogen) atoms. The Kier molecular flexibility index (Phi) is 5.23. The molecule has 0 bridgehead atoms. The van der Waals surface area contributed by atoms with Crippen LogP contribution in [0, 0.1) is 50.2 Å². The Morgan fingerprint density at radius 2 is 1.48 bits per heavy atom. The van der Waals surface area contributed by atoms with Crippen molar-refractivity contribution in [2.75, 3.05) is 6.61 Å². The van der Waals surface area contributed by atoms with E-state index in [2.05, 4.69) is 54.5 Å². The monoisotopic (exact) mass is 458 g/mol. The molecule has 5 aliphatic carbocycles. The molecule has 188 valence electrons. The van der Waals surface area contributed by atoms with Crippen LogP contribution in [-0.4, -0.2) is 34.1 Å². The van der Waals surface area contributed by atoms with Crippen molar-refractivity contribution in [2.45, 2.75) is 118 Å². The van der Waals surface area contributed by atoms with Crippen LogP contribution in [0.3, 0.4) is 0 Å². The highest BCUT2D eigenvalue weighted by Crippen LogP contribution is 2.75. The van der Waals surface area contributed by atoms with Crippen molar-refractivity contribution in [2.24, 2.45) is 50.2 Å². The summed E-state index contributed by atoms with van der Waals surface area (Å²) in [6.45, 7) is 17.0. The fourth-order valence-electron chi connectivity index (χ4n) is 10.7. The van der Waals surface area contributed by atoms with Crippen molar-refractivity contribution in [1.82, 2.24) is 0 Å². The molecule has 0 heterocycles. The Balaban J connectivity index is 1.58. The van der Waals surface area contributed by atoms with E-state index in [0.29, 0.717) is 17.8 Å². The summed E-state index contributed by atoms with van der Waals surface area (Å²) in [7, 11) is 0. The summed E-state index contributed by atoms with van der Waals surface area (Å²) in [6, 6.07) is 0. The molecule has 5 aliphatic rings. The van der Waals surface area contributed by atoms with E-state index >= 15 is 0 Å². The van der Waals surface area contributed by atoms with E-state index in [0.717, 1.165) is 38.5 Å². The Morgan fingerprint density at radius 1 is 0.788 bits per heavy atom. The first-order valence-electron chi connectivity index (χ1n) is 13.9. The highest BCUT2D eigenvalue weighted by Gasteiger charge is 2.69. The van der Waals surface area contributed by atoms with Gasteiger partial charge in [0.1, 0.15) is 0 Å². The van der Waals surface area contributed by atoms with Gasteiger partial charge in [-0.1, -0.05) is 60.1 Å². The summed E-state index contributed by atoms with van der Waals surface area (Å²) in [4.78, 5) is 0. The maximum atomic E-state index is 11.3. The average Bonchev–Trinajstić information content (AvgIpc) is 2.73. The second kappa shape index (κ2) is 7.10. The first-order valence-corrected chi connectivity index (χ1v) is 13.9. The normalized spacial score (nSPS) is 57.8. The van der Waals surface area contributed by atoms with Gasteiger partial charge in [-0.15, -0.1) is 0 Å². The lowest BCUT2D eigenvalue weighted by Crippen LogP contribution is -2.66. The number of aliphatic hydroxyl groups excluding tert-OH is 3. The summed E-state index contributed by atoms with van der Waals surface area (Å²) >= 11 is 0. The van der Waals surface area contributed by atoms with Gasteiger partial charge in [-0.3, -0.25) is 0 Å². The van der Waals surface area contributed by atoms with Gasteiger partial charge in [0.15, 0.2) is 0 Å². The quantitative estimate of drug-likeness (QED) is 0.415. The predicted molar refractivity (Wildman–Crippen MR) is 134 cm³/mol. The first kappa shape index (κ1) is 24.3. The number of fused-ring (bicyclic) bond motifs is 7. The standard InChI is InChI=1S/C30H50O3/c1-25(2)16-20-19-8-9-22-27(4)12-11-23(32)28(5,18-31)21(27)10-13-30(22,7)29(19,6)15-14-26(20,3)24(33)17-25/h8,20-24,31-33H,9-18H2,1-7H3/t20-,21-,22+,23+,24+,26+,27-,28-,29+,30+/m0/s1. The number of rotatable bonds is 1. The minimum Gasteiger partial charge on any atom is -0.396 e. The molecule has 5 rings (SSSR count). The summed E-state index contributed by atoms with van der Waals surface area (Å²) in [6.07, 6.45) is 11.7. The molecule has 0 saturated heterocycles. The fraction of sp³-hybridized carbons (Fsp3) is 0.933. The lowest BCUT2D eigenvalue weighted by atomic mass is 9.33. The second-order valence-electron chi connectivity index (χ2n) is 15.2. The lowest BCUT2D eigenvalue weighted by molar-refractivity contribution is -0.218. The van der Waals surface area contributed by atoms with Crippen LogP contribution in [0.15, 0.2) is 11.6 Å². The maximum Gasteiger partial charge on any atom is 0.0618 e. The SMILES string of the molecule is CC1(C)C[C@@H](O)[C@]2(C)CC[C@]3(C)C(=CC[C@@H]4[C@@]5(C)CC[C@@H](O)[C@@](C)(CO)[C@H]5CC[C@]43C)[C@@H]2C1. The van der Waals surface area contributed by atoms with E-state index in [9.17, 15) is 15.3 Å². The molecule has 0 aromatic carbocycles. The Hall–Kier alpha value is -0.380. The third kappa shape index (κ3) is 2.91. The van der Waals surface area contributed by atoms with Crippen LogP contribution in [0.1, 0.15) is 106 Å². The molecule has 4 fully saturated rings. The van der Waals surface area contributed by atoms with Crippen LogP contribution >= 0.6 is 0 Å². The van der Waals surface area contributed by atoms with Crippen LogP contribution in [0.25, 0.3) is 0 Å². The molecule has 0 aromatic rings. The van der Waals surface area contributed by atoms with Gasteiger partial charge in [-0.2, -0.15) is 0 Å². The van der Waals surface area contributed by atoms with Crippen molar-refractivity contribution in [3.05, 3.63) is 11.6 Å².